The van der Waals surface area contributed by atoms with Crippen LogP contribution < -0.4 is 0 Å². The van der Waals surface area contributed by atoms with Crippen LogP contribution in [0.2, 0.25) is 0 Å². The number of Topliss-reactive ketones (excluding diaryl/α,β-unsaturated/α-hetero) is 1. The van der Waals surface area contributed by atoms with Crippen molar-refractivity contribution in [3.63, 3.8) is 0 Å². The van der Waals surface area contributed by atoms with Gasteiger partial charge >= 0.3 is 5.97 Å². The highest BCUT2D eigenvalue weighted by Gasteiger charge is 2.39. The average molecular weight is 297 g/mol. The summed E-state index contributed by atoms with van der Waals surface area (Å²) in [6.07, 6.45) is 0.849. The predicted octanol–water partition coefficient (Wildman–Crippen LogP) is 1.13. The third-order valence-electron chi connectivity index (χ3n) is 3.36. The Labute approximate surface area is 117 Å². The lowest BCUT2D eigenvalue weighted by atomic mass is 10.2. The Morgan fingerprint density at radius 2 is 1.85 bits per heavy atom. The van der Waals surface area contributed by atoms with Gasteiger partial charge in [0.05, 0.1) is 4.90 Å². The van der Waals surface area contributed by atoms with Gasteiger partial charge in [0.2, 0.25) is 10.0 Å². The van der Waals surface area contributed by atoms with Crippen LogP contribution in [-0.4, -0.2) is 42.2 Å². The number of hydrogen-bond donors (Lipinski definition) is 1. The largest absolute Gasteiger partial charge is 0.480 e. The van der Waals surface area contributed by atoms with E-state index in [4.69, 9.17) is 5.11 Å². The van der Waals surface area contributed by atoms with E-state index >= 15 is 0 Å². The zero-order valence-corrected chi connectivity index (χ0v) is 11.8. The number of carbonyl (C=O) groups is 2. The molecule has 1 aliphatic heterocycles. The molecule has 1 atom stereocenters. The van der Waals surface area contributed by atoms with E-state index in [-0.39, 0.29) is 17.2 Å². The molecule has 0 unspecified atom stereocenters. The number of aliphatic carboxylic acids is 1. The zero-order valence-electron chi connectivity index (χ0n) is 10.9. The Bertz CT molecular complexity index is 635. The second kappa shape index (κ2) is 5.34. The Morgan fingerprint density at radius 1 is 1.25 bits per heavy atom. The van der Waals surface area contributed by atoms with Gasteiger partial charge in [0.25, 0.3) is 0 Å². The molecule has 0 bridgehead atoms. The first kappa shape index (κ1) is 14.7. The molecule has 0 spiro atoms. The number of carbonyl (C=O) groups excluding carboxylic acids is 1. The maximum absolute atomic E-state index is 12.4. The van der Waals surface area contributed by atoms with Crippen molar-refractivity contribution in [2.45, 2.75) is 30.7 Å². The van der Waals surface area contributed by atoms with E-state index in [1.165, 1.54) is 31.2 Å². The van der Waals surface area contributed by atoms with Gasteiger partial charge in [-0.05, 0) is 31.9 Å². The molecule has 6 nitrogen and oxygen atoms in total. The highest BCUT2D eigenvalue weighted by Crippen LogP contribution is 2.26. The van der Waals surface area contributed by atoms with Crippen molar-refractivity contribution in [2.24, 2.45) is 0 Å². The number of sulfonamides is 1. The molecule has 1 heterocycles. The lowest BCUT2D eigenvalue weighted by Crippen LogP contribution is -2.40. The number of carboxylic acids is 1. The summed E-state index contributed by atoms with van der Waals surface area (Å²) in [6.45, 7) is 1.60. The normalized spacial score (nSPS) is 19.9. The van der Waals surface area contributed by atoms with Gasteiger partial charge in [-0.1, -0.05) is 12.1 Å². The van der Waals surface area contributed by atoms with Crippen LogP contribution >= 0.6 is 0 Å². The highest BCUT2D eigenvalue weighted by molar-refractivity contribution is 7.89. The zero-order chi connectivity index (χ0) is 14.9. The minimum Gasteiger partial charge on any atom is -0.480 e. The molecule has 1 fully saturated rings. The standard InChI is InChI=1S/C13H15NO5S/c1-9(15)10-4-6-11(7-5-10)20(18,19)14-8-2-3-12(14)13(16)17/h4-7,12H,2-3,8H2,1H3,(H,16,17)/t12-/m1/s1. The molecule has 1 aromatic carbocycles. The van der Waals surface area contributed by atoms with E-state index in [2.05, 4.69) is 0 Å². The van der Waals surface area contributed by atoms with Crippen LogP contribution in [0.1, 0.15) is 30.1 Å². The Balaban J connectivity index is 2.35. The highest BCUT2D eigenvalue weighted by atomic mass is 32.2. The quantitative estimate of drug-likeness (QED) is 0.841. The molecule has 2 rings (SSSR count). The summed E-state index contributed by atoms with van der Waals surface area (Å²) < 4.78 is 25.8. The fourth-order valence-corrected chi connectivity index (χ4v) is 3.92. The Hall–Kier alpha value is -1.73. The first-order chi connectivity index (χ1) is 9.34. The minimum absolute atomic E-state index is 0.00986. The van der Waals surface area contributed by atoms with E-state index < -0.39 is 22.0 Å². The van der Waals surface area contributed by atoms with Crippen molar-refractivity contribution in [3.8, 4) is 0 Å². The van der Waals surface area contributed by atoms with Crippen molar-refractivity contribution in [3.05, 3.63) is 29.8 Å². The second-order valence-electron chi connectivity index (χ2n) is 4.69. The Kier molecular flexibility index (Phi) is 3.92. The molecule has 0 aromatic heterocycles. The number of rotatable bonds is 4. The minimum atomic E-state index is -3.83. The van der Waals surface area contributed by atoms with Crippen molar-refractivity contribution in [2.75, 3.05) is 6.54 Å². The maximum Gasteiger partial charge on any atom is 0.322 e. The molecule has 1 N–H and O–H groups in total. The van der Waals surface area contributed by atoms with Crippen LogP contribution in [0.15, 0.2) is 29.2 Å². The topological polar surface area (TPSA) is 91.8 Å². The lowest BCUT2D eigenvalue weighted by Gasteiger charge is -2.20. The fraction of sp³-hybridized carbons (Fsp3) is 0.385. The number of hydrogen-bond acceptors (Lipinski definition) is 4. The summed E-state index contributed by atoms with van der Waals surface area (Å²) in [4.78, 5) is 22.3. The number of nitrogens with zero attached hydrogens (tertiary/aromatic N) is 1. The van der Waals surface area contributed by atoms with Crippen LogP contribution in [0.4, 0.5) is 0 Å². The molecule has 20 heavy (non-hydrogen) atoms. The molecule has 1 aromatic rings. The van der Waals surface area contributed by atoms with Gasteiger partial charge in [-0.25, -0.2) is 8.42 Å². The van der Waals surface area contributed by atoms with Gasteiger partial charge in [0.1, 0.15) is 6.04 Å². The third-order valence-corrected chi connectivity index (χ3v) is 5.28. The number of carboxylic acid groups (broad SMARTS) is 1. The van der Waals surface area contributed by atoms with E-state index in [0.717, 1.165) is 4.31 Å². The van der Waals surface area contributed by atoms with E-state index in [0.29, 0.717) is 18.4 Å². The van der Waals surface area contributed by atoms with Crippen LogP contribution in [0, 0.1) is 0 Å². The molecule has 0 radical (unpaired) electrons. The molecular formula is C13H15NO5S. The first-order valence-electron chi connectivity index (χ1n) is 6.19. The van der Waals surface area contributed by atoms with Crippen molar-refractivity contribution >= 4 is 21.8 Å². The summed E-state index contributed by atoms with van der Waals surface area (Å²) in [5.41, 5.74) is 0.417. The van der Waals surface area contributed by atoms with Crippen LogP contribution in [0.5, 0.6) is 0 Å². The van der Waals surface area contributed by atoms with E-state index in [1.54, 1.807) is 0 Å². The Morgan fingerprint density at radius 3 is 2.35 bits per heavy atom. The van der Waals surface area contributed by atoms with Gasteiger partial charge in [-0.3, -0.25) is 9.59 Å². The van der Waals surface area contributed by atoms with Gasteiger partial charge in [0.15, 0.2) is 5.78 Å². The van der Waals surface area contributed by atoms with Gasteiger partial charge in [0, 0.05) is 12.1 Å². The fourth-order valence-electron chi connectivity index (χ4n) is 2.27. The molecule has 1 aliphatic rings. The van der Waals surface area contributed by atoms with Gasteiger partial charge < -0.3 is 5.11 Å². The molecular weight excluding hydrogens is 282 g/mol. The summed E-state index contributed by atoms with van der Waals surface area (Å²) >= 11 is 0. The summed E-state index contributed by atoms with van der Waals surface area (Å²) in [6, 6.07) is 4.53. The van der Waals surface area contributed by atoms with Crippen molar-refractivity contribution < 1.29 is 23.1 Å². The van der Waals surface area contributed by atoms with Gasteiger partial charge in [-0.2, -0.15) is 4.31 Å². The first-order valence-corrected chi connectivity index (χ1v) is 7.63. The average Bonchev–Trinajstić information content (AvgIpc) is 2.89. The molecule has 1 saturated heterocycles. The third kappa shape index (κ3) is 2.59. The van der Waals surface area contributed by atoms with Crippen LogP contribution in [0.3, 0.4) is 0 Å². The van der Waals surface area contributed by atoms with E-state index in [1.807, 2.05) is 0 Å². The number of ketones is 1. The van der Waals surface area contributed by atoms with Gasteiger partial charge in [-0.15, -0.1) is 0 Å². The van der Waals surface area contributed by atoms with E-state index in [9.17, 15) is 18.0 Å². The predicted molar refractivity (Wildman–Crippen MR) is 71.0 cm³/mol. The number of benzene rings is 1. The summed E-state index contributed by atoms with van der Waals surface area (Å²) in [5.74, 6) is -1.29. The SMILES string of the molecule is CC(=O)c1ccc(S(=O)(=O)N2CCC[C@@H]2C(=O)O)cc1. The maximum atomic E-state index is 12.4. The van der Waals surface area contributed by atoms with Crippen LogP contribution in [0.25, 0.3) is 0 Å². The van der Waals surface area contributed by atoms with Crippen LogP contribution in [-0.2, 0) is 14.8 Å². The molecule has 0 saturated carbocycles. The van der Waals surface area contributed by atoms with Crippen molar-refractivity contribution in [1.82, 2.24) is 4.31 Å². The molecule has 0 amide bonds. The monoisotopic (exact) mass is 297 g/mol. The van der Waals surface area contributed by atoms with Crippen molar-refractivity contribution in [1.29, 1.82) is 0 Å². The second-order valence-corrected chi connectivity index (χ2v) is 6.58. The summed E-state index contributed by atoms with van der Waals surface area (Å²) in [7, 11) is -3.83. The lowest BCUT2D eigenvalue weighted by molar-refractivity contribution is -0.140. The summed E-state index contributed by atoms with van der Waals surface area (Å²) in [5, 5.41) is 9.06. The molecule has 7 heteroatoms. The molecule has 108 valence electrons. The smallest absolute Gasteiger partial charge is 0.322 e. The molecule has 0 aliphatic carbocycles.